The molecule has 1 aromatic carbocycles. The van der Waals surface area contributed by atoms with Gasteiger partial charge in [-0.05, 0) is 30.5 Å². The molecule has 254 valence electrons. The fourth-order valence-corrected chi connectivity index (χ4v) is 3.96. The van der Waals surface area contributed by atoms with Crippen molar-refractivity contribution in [1.82, 2.24) is 24.9 Å². The van der Waals surface area contributed by atoms with E-state index in [4.69, 9.17) is 17.3 Å². The third-order valence-electron chi connectivity index (χ3n) is 6.00. The fourth-order valence-electron chi connectivity index (χ4n) is 3.76. The Morgan fingerprint density at radius 1 is 1.00 bits per heavy atom. The number of carbonyl (C=O) groups is 1. The van der Waals surface area contributed by atoms with Gasteiger partial charge in [-0.1, -0.05) is 17.7 Å². The van der Waals surface area contributed by atoms with Crippen LogP contribution in [0.4, 0.5) is 52.7 Å². The number of benzene rings is 1. The van der Waals surface area contributed by atoms with Gasteiger partial charge in [0.1, 0.15) is 0 Å². The molecular weight excluding hydrogens is 688 g/mol. The molecule has 46 heavy (non-hydrogen) atoms. The molecule has 3 N–H and O–H groups in total. The zero-order valence-corrected chi connectivity index (χ0v) is 23.2. The van der Waals surface area contributed by atoms with Gasteiger partial charge < -0.3 is 15.8 Å². The van der Waals surface area contributed by atoms with Crippen molar-refractivity contribution in [3.63, 3.8) is 0 Å². The summed E-state index contributed by atoms with van der Waals surface area (Å²) in [4.78, 5) is 12.6. The minimum atomic E-state index is -6.68. The highest BCUT2D eigenvalue weighted by atomic mass is 35.5. The summed E-state index contributed by atoms with van der Waals surface area (Å²) in [6.45, 7) is -2.66. The number of ether oxygens (including phenoxy) is 3. The monoisotopic (exact) mass is 704 g/mol. The number of hydrogen-bond acceptors (Lipinski definition) is 7. The zero-order chi connectivity index (χ0) is 34.7. The van der Waals surface area contributed by atoms with E-state index in [2.05, 4.69) is 25.0 Å². The van der Waals surface area contributed by atoms with E-state index in [1.165, 1.54) is 18.2 Å². The minimum absolute atomic E-state index is 0.0146. The molecule has 1 amide bonds. The van der Waals surface area contributed by atoms with E-state index in [0.29, 0.717) is 22.2 Å². The molecule has 3 aromatic rings. The molecule has 2 aromatic heterocycles. The van der Waals surface area contributed by atoms with Crippen molar-refractivity contribution in [3.8, 4) is 22.8 Å². The lowest BCUT2D eigenvalue weighted by Crippen LogP contribution is -2.52. The first-order chi connectivity index (χ1) is 20.8. The van der Waals surface area contributed by atoms with Crippen LogP contribution in [-0.2, 0) is 22.7 Å². The van der Waals surface area contributed by atoms with Crippen LogP contribution in [0.25, 0.3) is 16.9 Å². The SMILES string of the molecule is Cn1nc(OCC(F)(F)OC(F)(F)C(F)(F)OC(F)(F)F)c(C(F)(F)F)c1-n1cc(-c2ccc(Cl)c(C(=O)NC3(N)CC3)c2)cn1. The maximum absolute atomic E-state index is 14.1. The third-order valence-corrected chi connectivity index (χ3v) is 6.33. The molecule has 23 heteroatoms. The van der Waals surface area contributed by atoms with Crippen LogP contribution in [0.1, 0.15) is 28.8 Å². The number of hydrogen-bond donors (Lipinski definition) is 2. The maximum Gasteiger partial charge on any atom is 0.527 e. The van der Waals surface area contributed by atoms with Crippen molar-refractivity contribution < 1.29 is 71.7 Å². The number of halogens is 13. The van der Waals surface area contributed by atoms with Gasteiger partial charge in [-0.25, -0.2) is 18.8 Å². The van der Waals surface area contributed by atoms with E-state index in [1.54, 1.807) is 0 Å². The molecule has 2 heterocycles. The van der Waals surface area contributed by atoms with Crippen LogP contribution in [0.15, 0.2) is 30.6 Å². The number of alkyl halides is 12. The van der Waals surface area contributed by atoms with Crippen LogP contribution in [-0.4, -0.2) is 62.4 Å². The van der Waals surface area contributed by atoms with Gasteiger partial charge in [0.05, 0.1) is 22.4 Å². The molecule has 0 spiro atoms. The number of nitrogens with two attached hydrogens (primary N) is 1. The number of nitrogens with one attached hydrogen (secondary N) is 1. The molecule has 0 unspecified atom stereocenters. The summed E-state index contributed by atoms with van der Waals surface area (Å²) in [7, 11) is 0.863. The number of carbonyl (C=O) groups excluding carboxylic acids is 1. The van der Waals surface area contributed by atoms with E-state index in [9.17, 15) is 57.5 Å². The van der Waals surface area contributed by atoms with Crippen LogP contribution in [0.2, 0.25) is 5.02 Å². The lowest BCUT2D eigenvalue weighted by atomic mass is 10.1. The second kappa shape index (κ2) is 11.5. The summed E-state index contributed by atoms with van der Waals surface area (Å²) in [6.07, 6.45) is -27.8. The van der Waals surface area contributed by atoms with Crippen molar-refractivity contribution in [1.29, 1.82) is 0 Å². The molecule has 0 bridgehead atoms. The van der Waals surface area contributed by atoms with Crippen molar-refractivity contribution in [2.45, 2.75) is 49.4 Å². The Morgan fingerprint density at radius 2 is 1.61 bits per heavy atom. The van der Waals surface area contributed by atoms with E-state index < -0.39 is 66.3 Å². The van der Waals surface area contributed by atoms with Gasteiger partial charge >= 0.3 is 30.9 Å². The average molecular weight is 705 g/mol. The van der Waals surface area contributed by atoms with Crippen LogP contribution in [0, 0.1) is 0 Å². The summed E-state index contributed by atoms with van der Waals surface area (Å²) in [6, 6.07) is 3.99. The summed E-state index contributed by atoms with van der Waals surface area (Å²) < 4.78 is 169. The summed E-state index contributed by atoms with van der Waals surface area (Å²) in [5.41, 5.74) is 3.34. The predicted octanol–water partition coefficient (Wildman–Crippen LogP) is 5.83. The molecule has 1 fully saturated rings. The molecule has 0 radical (unpaired) electrons. The number of amides is 1. The van der Waals surface area contributed by atoms with Gasteiger partial charge in [0.15, 0.2) is 18.0 Å². The normalized spacial score (nSPS) is 15.6. The highest BCUT2D eigenvalue weighted by Gasteiger charge is 2.68. The van der Waals surface area contributed by atoms with E-state index in [1.807, 2.05) is 4.74 Å². The summed E-state index contributed by atoms with van der Waals surface area (Å²) >= 11 is 6.10. The smallest absolute Gasteiger partial charge is 0.467 e. The average Bonchev–Trinajstić information content (AvgIpc) is 3.26. The lowest BCUT2D eigenvalue weighted by Gasteiger charge is -2.29. The first kappa shape index (κ1) is 35.1. The Bertz CT molecular complexity index is 1620. The highest BCUT2D eigenvalue weighted by Crippen LogP contribution is 2.45. The zero-order valence-electron chi connectivity index (χ0n) is 22.4. The molecule has 10 nitrogen and oxygen atoms in total. The summed E-state index contributed by atoms with van der Waals surface area (Å²) in [5, 5.41) is 9.62. The Hall–Kier alpha value is -3.76. The van der Waals surface area contributed by atoms with Crippen LogP contribution < -0.4 is 15.8 Å². The van der Waals surface area contributed by atoms with Gasteiger partial charge in [0, 0.05) is 18.8 Å². The van der Waals surface area contributed by atoms with Gasteiger partial charge in [-0.15, -0.1) is 18.3 Å². The number of nitrogens with zero attached hydrogens (tertiary/aromatic N) is 4. The van der Waals surface area contributed by atoms with E-state index >= 15 is 0 Å². The van der Waals surface area contributed by atoms with E-state index in [0.717, 1.165) is 19.4 Å². The molecule has 1 aliphatic carbocycles. The molecule has 4 rings (SSSR count). The molecule has 1 saturated carbocycles. The van der Waals surface area contributed by atoms with Crippen molar-refractivity contribution in [2.75, 3.05) is 6.61 Å². The Morgan fingerprint density at radius 3 is 2.17 bits per heavy atom. The number of rotatable bonds is 11. The van der Waals surface area contributed by atoms with Gasteiger partial charge in [0.2, 0.25) is 5.88 Å². The predicted molar refractivity (Wildman–Crippen MR) is 128 cm³/mol. The van der Waals surface area contributed by atoms with Crippen molar-refractivity contribution >= 4 is 17.5 Å². The maximum atomic E-state index is 14.1. The number of aryl methyl sites for hydroxylation is 1. The molecular formula is C23H17ClF12N6O4. The molecule has 0 saturated heterocycles. The quantitative estimate of drug-likeness (QED) is 0.191. The Kier molecular flexibility index (Phi) is 8.77. The Labute approximate surface area is 252 Å². The molecule has 1 aliphatic rings. The largest absolute Gasteiger partial charge is 0.527 e. The van der Waals surface area contributed by atoms with Gasteiger partial charge in [-0.3, -0.25) is 4.79 Å². The van der Waals surface area contributed by atoms with Gasteiger partial charge in [0.25, 0.3) is 5.91 Å². The topological polar surface area (TPSA) is 118 Å². The van der Waals surface area contributed by atoms with Crippen LogP contribution in [0.3, 0.4) is 0 Å². The number of aromatic nitrogens is 4. The lowest BCUT2D eigenvalue weighted by molar-refractivity contribution is -0.529. The second-order valence-electron chi connectivity index (χ2n) is 9.71. The highest BCUT2D eigenvalue weighted by molar-refractivity contribution is 6.34. The Balaban J connectivity index is 1.60. The minimum Gasteiger partial charge on any atom is -0.467 e. The molecule has 0 aliphatic heterocycles. The van der Waals surface area contributed by atoms with E-state index in [-0.39, 0.29) is 21.7 Å². The first-order valence-corrected chi connectivity index (χ1v) is 12.5. The van der Waals surface area contributed by atoms with Crippen LogP contribution in [0.5, 0.6) is 5.88 Å². The van der Waals surface area contributed by atoms with Crippen LogP contribution >= 0.6 is 11.6 Å². The van der Waals surface area contributed by atoms with Gasteiger partial charge in [-0.2, -0.15) is 44.6 Å². The third kappa shape index (κ3) is 7.78. The van der Waals surface area contributed by atoms with Crippen molar-refractivity contribution in [2.24, 2.45) is 12.8 Å². The first-order valence-electron chi connectivity index (χ1n) is 12.2. The van der Waals surface area contributed by atoms with Crippen molar-refractivity contribution in [3.05, 3.63) is 46.7 Å². The standard InChI is InChI=1S/C23H17ClF12N6O4/c1-41-17(42-8-11(7-38-42)10-2-3-13(24)12(6-10)15(43)39-18(37)4-5-18)14(20(27,28)29)16(40-41)44-9-19(25,26)45-21(30,31)22(32,33)46-23(34,35)36/h2-3,6-8H,4-5,9,37H2,1H3,(H,39,43). The summed E-state index contributed by atoms with van der Waals surface area (Å²) in [5.74, 6) is -3.32. The fraction of sp³-hybridized carbons (Fsp3) is 0.435. The molecule has 0 atom stereocenters. The second-order valence-corrected chi connectivity index (χ2v) is 10.1.